The topological polar surface area (TPSA) is 6.48 Å². The average Bonchev–Trinajstić information content (AvgIpc) is 0.756. The Bertz CT molecular complexity index is 5850. The van der Waals surface area contributed by atoms with Gasteiger partial charge < -0.3 is 9.80 Å². The van der Waals surface area contributed by atoms with Crippen molar-refractivity contribution in [3.63, 3.8) is 0 Å². The van der Waals surface area contributed by atoms with E-state index in [0.29, 0.717) is 0 Å². The highest BCUT2D eigenvalue weighted by atomic mass is 15.1. The normalized spacial score (nSPS) is 11.3. The molecule has 2 nitrogen and oxygen atoms in total. The Hall–Kier alpha value is -14.4. The molecule has 0 aliphatic heterocycles. The van der Waals surface area contributed by atoms with Crippen molar-refractivity contribution >= 4 is 34.1 Å². The van der Waals surface area contributed by atoms with Crippen LogP contribution in [0.3, 0.4) is 0 Å². The first kappa shape index (κ1) is 78.7. The van der Waals surface area contributed by atoms with Gasteiger partial charge in [-0.1, -0.05) is 315 Å². The van der Waals surface area contributed by atoms with Gasteiger partial charge in [-0.2, -0.15) is 0 Å². The van der Waals surface area contributed by atoms with Gasteiger partial charge in [-0.3, -0.25) is 0 Å². The Morgan fingerprint density at radius 3 is 0.385 bits per heavy atom. The van der Waals surface area contributed by atoms with Crippen molar-refractivity contribution in [2.24, 2.45) is 0 Å². The minimum absolute atomic E-state index is 1.04. The van der Waals surface area contributed by atoms with E-state index in [1.807, 2.05) is 0 Å². The van der Waals surface area contributed by atoms with Crippen molar-refractivity contribution in [1.82, 2.24) is 0 Å². The van der Waals surface area contributed by atoms with Crippen LogP contribution in [0.1, 0.15) is 66.8 Å². The second-order valence-corrected chi connectivity index (χ2v) is 32.9. The van der Waals surface area contributed by atoms with Gasteiger partial charge in [0.2, 0.25) is 0 Å². The van der Waals surface area contributed by atoms with Crippen LogP contribution >= 0.6 is 0 Å². The molecule has 0 spiro atoms. The van der Waals surface area contributed by atoms with Gasteiger partial charge >= 0.3 is 0 Å². The minimum atomic E-state index is 1.04. The molecule has 0 heterocycles. The zero-order chi connectivity index (χ0) is 83.8. The monoisotopic (exact) mass is 1570 g/mol. The van der Waals surface area contributed by atoms with Crippen LogP contribution in [0, 0.1) is 83.1 Å². The van der Waals surface area contributed by atoms with E-state index in [1.165, 1.54) is 178 Å². The van der Waals surface area contributed by atoms with Gasteiger partial charge in [-0.15, -0.1) is 0 Å². The molecule has 0 saturated heterocycles. The number of rotatable bonds is 19. The summed E-state index contributed by atoms with van der Waals surface area (Å²) in [7, 11) is 0. The molecular formula is C120H100N2. The third kappa shape index (κ3) is 14.6. The standard InChI is InChI=1S/C120H100N2/c1-77-109(91-41-21-13-22-42-91)81(5)117(82(6)110(77)92-43-23-14-24-44-92)99-57-37-61-105(73-99)121(106-62-38-58-100(74-106)118-83(7)111(93-45-25-15-26-46-93)78(2)112(84(118)8)94-47-27-16-28-48-94)103-69-65-89(66-70-103)90-67-71-104(72-68-90)122(107-63-39-59-101(75-107)119-85(9)113(95-49-29-17-30-50-95)79(3)114(86(119)10)96-51-31-18-32-52-96)108-64-40-60-102(76-108)120-87(11)115(97-53-33-19-34-54-97)80(4)116(88(120)12)98-55-35-20-36-56-98/h13-76H,1-12H3. The number of hydrogen-bond donors (Lipinski definition) is 0. The Balaban J connectivity index is 0.793. The molecule has 18 aromatic rings. The first-order chi connectivity index (χ1) is 59.6. The van der Waals surface area contributed by atoms with E-state index >= 15 is 0 Å². The summed E-state index contributed by atoms with van der Waals surface area (Å²) < 4.78 is 0. The minimum Gasteiger partial charge on any atom is -0.310 e. The molecule has 0 fully saturated rings. The second kappa shape index (κ2) is 33.8. The van der Waals surface area contributed by atoms with E-state index in [0.717, 1.165) is 67.5 Å². The Morgan fingerprint density at radius 1 is 0.107 bits per heavy atom. The molecule has 0 aromatic heterocycles. The van der Waals surface area contributed by atoms with Crippen LogP contribution in [0.25, 0.3) is 145 Å². The molecule has 0 N–H and O–H groups in total. The smallest absolute Gasteiger partial charge is 0.0467 e. The number of nitrogens with zero attached hydrogens (tertiary/aromatic N) is 2. The van der Waals surface area contributed by atoms with Gasteiger partial charge in [0, 0.05) is 34.1 Å². The molecule has 0 saturated carbocycles. The predicted molar refractivity (Wildman–Crippen MR) is 523 cm³/mol. The Kier molecular flexibility index (Phi) is 21.8. The fourth-order valence-corrected chi connectivity index (χ4v) is 20.6. The van der Waals surface area contributed by atoms with E-state index in [9.17, 15) is 0 Å². The van der Waals surface area contributed by atoms with Gasteiger partial charge in [0.25, 0.3) is 0 Å². The first-order valence-electron chi connectivity index (χ1n) is 42.8. The van der Waals surface area contributed by atoms with Crippen molar-refractivity contribution in [2.75, 3.05) is 9.80 Å². The van der Waals surface area contributed by atoms with Crippen molar-refractivity contribution in [3.8, 4) is 145 Å². The molecule has 0 radical (unpaired) electrons. The summed E-state index contributed by atoms with van der Waals surface area (Å²) in [5.41, 5.74) is 53.2. The van der Waals surface area contributed by atoms with E-state index in [1.54, 1.807) is 0 Å². The molecule has 18 rings (SSSR count). The molecule has 18 aromatic carbocycles. The van der Waals surface area contributed by atoms with E-state index in [4.69, 9.17) is 0 Å². The zero-order valence-electron chi connectivity index (χ0n) is 71.8. The lowest BCUT2D eigenvalue weighted by Gasteiger charge is -2.29. The number of hydrogen-bond acceptors (Lipinski definition) is 2. The highest BCUT2D eigenvalue weighted by Gasteiger charge is 2.29. The number of anilines is 6. The molecular weight excluding hydrogens is 1470 g/mol. The predicted octanol–water partition coefficient (Wildman–Crippen LogP) is 34.0. The molecule has 2 heteroatoms. The van der Waals surface area contributed by atoms with Crippen molar-refractivity contribution in [2.45, 2.75) is 83.1 Å². The van der Waals surface area contributed by atoms with E-state index in [-0.39, 0.29) is 0 Å². The highest BCUT2D eigenvalue weighted by molar-refractivity contribution is 5.99. The van der Waals surface area contributed by atoms with Gasteiger partial charge in [-0.25, -0.2) is 0 Å². The van der Waals surface area contributed by atoms with Gasteiger partial charge in [0.05, 0.1) is 0 Å². The van der Waals surface area contributed by atoms with Crippen LogP contribution in [0.5, 0.6) is 0 Å². The molecule has 0 bridgehead atoms. The third-order valence-corrected chi connectivity index (χ3v) is 25.7. The van der Waals surface area contributed by atoms with Gasteiger partial charge in [0.15, 0.2) is 0 Å². The Labute approximate surface area is 721 Å². The lowest BCUT2D eigenvalue weighted by atomic mass is 9.80. The summed E-state index contributed by atoms with van der Waals surface area (Å²) >= 11 is 0. The quantitative estimate of drug-likeness (QED) is 0.0796. The summed E-state index contributed by atoms with van der Waals surface area (Å²) in [4.78, 5) is 4.94. The highest BCUT2D eigenvalue weighted by Crippen LogP contribution is 2.52. The summed E-state index contributed by atoms with van der Waals surface area (Å²) in [6.07, 6.45) is 0. The second-order valence-electron chi connectivity index (χ2n) is 32.9. The van der Waals surface area contributed by atoms with Crippen molar-refractivity contribution in [1.29, 1.82) is 0 Å². The van der Waals surface area contributed by atoms with Gasteiger partial charge in [0.1, 0.15) is 0 Å². The SMILES string of the molecule is Cc1c(-c2ccccc2)c(C)c(-c2cccc(N(c3ccc(-c4ccc(N(c5cccc(-c6c(C)c(-c7ccccc7)c(C)c(-c7ccccc7)c6C)c5)c5cccc(-c6c(C)c(-c7ccccc7)c(C)c(-c7ccccc7)c6C)c5)cc4)cc3)c3cccc(-c4c(C)c(-c5ccccc5)c(C)c(-c5ccccc5)c4C)c3)c2)c(C)c1-c1ccccc1. The lowest BCUT2D eigenvalue weighted by Crippen LogP contribution is -2.11. The fraction of sp³-hybridized carbons (Fsp3) is 0.100. The zero-order valence-corrected chi connectivity index (χ0v) is 71.8. The van der Waals surface area contributed by atoms with Crippen molar-refractivity contribution < 1.29 is 0 Å². The molecule has 0 aliphatic carbocycles. The van der Waals surface area contributed by atoms with Gasteiger partial charge in [-0.05, 0) is 367 Å². The molecule has 122 heavy (non-hydrogen) atoms. The first-order valence-corrected chi connectivity index (χ1v) is 42.8. The number of benzene rings is 18. The largest absolute Gasteiger partial charge is 0.310 e. The molecule has 590 valence electrons. The fourth-order valence-electron chi connectivity index (χ4n) is 20.6. The van der Waals surface area contributed by atoms with E-state index < -0.39 is 0 Å². The maximum atomic E-state index is 2.47. The molecule has 0 amide bonds. The maximum absolute atomic E-state index is 2.47. The van der Waals surface area contributed by atoms with Crippen molar-refractivity contribution in [3.05, 3.63) is 455 Å². The van der Waals surface area contributed by atoms with Crippen LogP contribution in [0.15, 0.2) is 388 Å². The van der Waals surface area contributed by atoms with Crippen LogP contribution in [-0.2, 0) is 0 Å². The van der Waals surface area contributed by atoms with Crippen LogP contribution < -0.4 is 9.80 Å². The summed E-state index contributed by atoms with van der Waals surface area (Å²) in [6.45, 7) is 27.8. The molecule has 0 atom stereocenters. The average molecular weight is 1570 g/mol. The maximum Gasteiger partial charge on any atom is 0.0467 e. The summed E-state index contributed by atoms with van der Waals surface area (Å²) in [5.74, 6) is 0. The van der Waals surface area contributed by atoms with Crippen LogP contribution in [-0.4, -0.2) is 0 Å². The Morgan fingerprint density at radius 2 is 0.238 bits per heavy atom. The van der Waals surface area contributed by atoms with Crippen LogP contribution in [0.4, 0.5) is 34.1 Å². The van der Waals surface area contributed by atoms with E-state index in [2.05, 4.69) is 481 Å². The summed E-state index contributed by atoms with van der Waals surface area (Å²) in [6, 6.07) is 143. The molecule has 0 unspecified atom stereocenters. The molecule has 0 aliphatic rings. The summed E-state index contributed by atoms with van der Waals surface area (Å²) in [5, 5.41) is 0. The lowest BCUT2D eigenvalue weighted by molar-refractivity contribution is 1.27. The third-order valence-electron chi connectivity index (χ3n) is 25.7. The van der Waals surface area contributed by atoms with Crippen LogP contribution in [0.2, 0.25) is 0 Å².